The van der Waals surface area contributed by atoms with Gasteiger partial charge in [0.05, 0.1) is 29.0 Å². The molecule has 2 aliphatic heterocycles. The summed E-state index contributed by atoms with van der Waals surface area (Å²) >= 11 is 12.0. The zero-order valence-corrected chi connectivity index (χ0v) is 28.3. The van der Waals surface area contributed by atoms with Crippen LogP contribution in [0.4, 0.5) is 11.4 Å². The van der Waals surface area contributed by atoms with Crippen molar-refractivity contribution in [2.75, 3.05) is 56.8 Å². The van der Waals surface area contributed by atoms with E-state index in [4.69, 9.17) is 42.1 Å². The van der Waals surface area contributed by atoms with Crippen molar-refractivity contribution >= 4 is 52.3 Å². The van der Waals surface area contributed by atoms with Crippen molar-refractivity contribution in [1.82, 2.24) is 14.8 Å². The van der Waals surface area contributed by atoms with Crippen LogP contribution < -0.4 is 29.2 Å². The van der Waals surface area contributed by atoms with E-state index in [9.17, 15) is 14.4 Å². The van der Waals surface area contributed by atoms with Gasteiger partial charge < -0.3 is 34.1 Å². The maximum absolute atomic E-state index is 13.3. The number of hydrogen-bond donors (Lipinski definition) is 1. The van der Waals surface area contributed by atoms with E-state index in [2.05, 4.69) is 15.2 Å². The fourth-order valence-corrected chi connectivity index (χ4v) is 5.75. The van der Waals surface area contributed by atoms with Crippen molar-refractivity contribution in [3.05, 3.63) is 94.1 Å². The summed E-state index contributed by atoms with van der Waals surface area (Å²) in [7, 11) is 1.48. The number of amides is 3. The van der Waals surface area contributed by atoms with E-state index < -0.39 is 0 Å². The lowest BCUT2D eigenvalue weighted by Gasteiger charge is -2.35. The fraction of sp³-hybridized carbons (Fsp3) is 0.257. The molecule has 6 rings (SSSR count). The van der Waals surface area contributed by atoms with Crippen molar-refractivity contribution in [2.45, 2.75) is 13.5 Å². The predicted molar refractivity (Wildman–Crippen MR) is 184 cm³/mol. The maximum Gasteiger partial charge on any atom is 0.255 e. The maximum atomic E-state index is 13.3. The van der Waals surface area contributed by atoms with Crippen LogP contribution in [-0.2, 0) is 16.1 Å². The molecule has 2 aliphatic rings. The number of hydrogen-bond acceptors (Lipinski definition) is 9. The summed E-state index contributed by atoms with van der Waals surface area (Å²) in [6.45, 7) is 4.80. The zero-order chi connectivity index (χ0) is 34.5. The van der Waals surface area contributed by atoms with Crippen LogP contribution >= 0.6 is 23.2 Å². The first-order valence-electron chi connectivity index (χ1n) is 15.4. The van der Waals surface area contributed by atoms with Gasteiger partial charge in [-0.2, -0.15) is 0 Å². The van der Waals surface area contributed by atoms with E-state index >= 15 is 0 Å². The smallest absolute Gasteiger partial charge is 0.255 e. The third-order valence-corrected chi connectivity index (χ3v) is 8.83. The van der Waals surface area contributed by atoms with Gasteiger partial charge in [-0.1, -0.05) is 29.3 Å². The van der Waals surface area contributed by atoms with Gasteiger partial charge in [-0.3, -0.25) is 19.3 Å². The number of aromatic nitrogens is 1. The van der Waals surface area contributed by atoms with E-state index in [0.717, 1.165) is 23.6 Å². The van der Waals surface area contributed by atoms with Gasteiger partial charge in [0.2, 0.25) is 24.5 Å². The topological polar surface area (TPSA) is 123 Å². The molecule has 0 unspecified atom stereocenters. The van der Waals surface area contributed by atoms with Gasteiger partial charge in [0.1, 0.15) is 6.54 Å². The first-order valence-corrected chi connectivity index (χ1v) is 16.2. The molecule has 3 heterocycles. The van der Waals surface area contributed by atoms with E-state index in [1.54, 1.807) is 47.4 Å². The lowest BCUT2D eigenvalue weighted by Crippen LogP contribution is -2.51. The first kappa shape index (κ1) is 33.8. The summed E-state index contributed by atoms with van der Waals surface area (Å²) < 4.78 is 22.4. The van der Waals surface area contributed by atoms with E-state index in [0.29, 0.717) is 59.6 Å². The Hall–Kier alpha value is -5.04. The summed E-state index contributed by atoms with van der Waals surface area (Å²) in [6.07, 6.45) is 1.45. The molecule has 49 heavy (non-hydrogen) atoms. The summed E-state index contributed by atoms with van der Waals surface area (Å²) in [5.74, 6) is 1.63. The predicted octanol–water partition coefficient (Wildman–Crippen LogP) is 5.87. The van der Waals surface area contributed by atoms with Crippen LogP contribution in [-0.4, -0.2) is 79.1 Å². The van der Waals surface area contributed by atoms with Crippen molar-refractivity contribution in [3.63, 3.8) is 0 Å². The average molecular weight is 707 g/mol. The Balaban J connectivity index is 1.04. The Labute approximate surface area is 293 Å². The van der Waals surface area contributed by atoms with E-state index in [-0.39, 0.29) is 42.0 Å². The molecule has 1 saturated heterocycles. The largest absolute Gasteiger partial charge is 0.493 e. The molecule has 4 aromatic rings. The Morgan fingerprint density at radius 2 is 1.69 bits per heavy atom. The summed E-state index contributed by atoms with van der Waals surface area (Å²) in [5.41, 5.74) is 2.39. The van der Waals surface area contributed by atoms with Crippen LogP contribution in [0.3, 0.4) is 0 Å². The highest BCUT2D eigenvalue weighted by Crippen LogP contribution is 2.35. The Morgan fingerprint density at radius 1 is 0.898 bits per heavy atom. The van der Waals surface area contributed by atoms with E-state index in [1.165, 1.54) is 31.2 Å². The Kier molecular flexibility index (Phi) is 10.4. The Morgan fingerprint density at radius 3 is 2.41 bits per heavy atom. The summed E-state index contributed by atoms with van der Waals surface area (Å²) in [4.78, 5) is 48.4. The molecular weight excluding hydrogens is 673 g/mol. The van der Waals surface area contributed by atoms with Crippen LogP contribution in [0.5, 0.6) is 28.9 Å². The molecule has 3 amide bonds. The third kappa shape index (κ3) is 8.16. The number of pyridine rings is 1. The highest BCUT2D eigenvalue weighted by molar-refractivity contribution is 6.42. The zero-order valence-electron chi connectivity index (χ0n) is 26.8. The number of methoxy groups -OCH3 is 1. The monoisotopic (exact) mass is 705 g/mol. The molecule has 3 aromatic carbocycles. The SMILES string of the molecule is COc1cc(N(CC(=O)N2CCN(Cc3ccc4c(c3)OCO4)CC2)C(C)=O)ccc1Oc1ccc(NC(=O)c2ccc(Cl)c(Cl)c2)cn1. The second-order valence-electron chi connectivity index (χ2n) is 11.4. The van der Waals surface area contributed by atoms with Crippen molar-refractivity contribution in [2.24, 2.45) is 0 Å². The van der Waals surface area contributed by atoms with Crippen LogP contribution in [0.1, 0.15) is 22.8 Å². The minimum Gasteiger partial charge on any atom is -0.493 e. The second-order valence-corrected chi connectivity index (χ2v) is 12.2. The molecule has 0 bridgehead atoms. The van der Waals surface area contributed by atoms with Gasteiger partial charge in [-0.25, -0.2) is 4.98 Å². The molecule has 0 spiro atoms. The first-order chi connectivity index (χ1) is 23.7. The molecule has 254 valence electrons. The lowest BCUT2D eigenvalue weighted by atomic mass is 10.1. The second kappa shape index (κ2) is 15.0. The molecule has 1 fully saturated rings. The van der Waals surface area contributed by atoms with Crippen LogP contribution in [0.15, 0.2) is 72.9 Å². The molecule has 12 nitrogen and oxygen atoms in total. The summed E-state index contributed by atoms with van der Waals surface area (Å²) in [5, 5.41) is 3.38. The average Bonchev–Trinajstić information content (AvgIpc) is 3.57. The summed E-state index contributed by atoms with van der Waals surface area (Å²) in [6, 6.07) is 18.7. The number of ether oxygens (including phenoxy) is 4. The van der Waals surface area contributed by atoms with Crippen LogP contribution in [0.25, 0.3) is 0 Å². The van der Waals surface area contributed by atoms with Gasteiger partial charge in [0, 0.05) is 63.0 Å². The van der Waals surface area contributed by atoms with Crippen LogP contribution in [0, 0.1) is 0 Å². The number of anilines is 2. The van der Waals surface area contributed by atoms with Crippen LogP contribution in [0.2, 0.25) is 10.0 Å². The Bertz CT molecular complexity index is 1870. The van der Waals surface area contributed by atoms with Gasteiger partial charge >= 0.3 is 0 Å². The molecule has 0 atom stereocenters. The standard InChI is InChI=1S/C35H33Cl2N5O7/c1-22(43)42(20-34(44)41-13-11-40(12-14-41)19-23-3-8-29-32(15-23)48-21-47-29)26-6-9-30(31(17-26)46-2)49-33-10-5-25(18-38-33)39-35(45)24-4-7-27(36)28(37)16-24/h3-10,15-18H,11-14,19-21H2,1-2H3,(H,39,45). The minimum atomic E-state index is -0.375. The third-order valence-electron chi connectivity index (χ3n) is 8.09. The quantitative estimate of drug-likeness (QED) is 0.216. The minimum absolute atomic E-state index is 0.113. The lowest BCUT2D eigenvalue weighted by molar-refractivity contribution is -0.132. The van der Waals surface area contributed by atoms with E-state index in [1.807, 2.05) is 18.2 Å². The van der Waals surface area contributed by atoms with Gasteiger partial charge in [0.15, 0.2) is 23.0 Å². The number of benzene rings is 3. The van der Waals surface area contributed by atoms with Crippen molar-refractivity contribution < 1.29 is 33.3 Å². The molecule has 0 aliphatic carbocycles. The normalized spacial score (nSPS) is 13.9. The fourth-order valence-electron chi connectivity index (χ4n) is 5.45. The van der Waals surface area contributed by atoms with Gasteiger partial charge in [0.25, 0.3) is 5.91 Å². The number of nitrogens with one attached hydrogen (secondary N) is 1. The molecule has 14 heteroatoms. The number of fused-ring (bicyclic) bond motifs is 1. The van der Waals surface area contributed by atoms with Gasteiger partial charge in [-0.15, -0.1) is 0 Å². The number of nitrogens with zero attached hydrogens (tertiary/aromatic N) is 4. The van der Waals surface area contributed by atoms with Gasteiger partial charge in [-0.05, 0) is 54.1 Å². The number of carbonyl (C=O) groups excluding carboxylic acids is 3. The molecule has 1 N–H and O–H groups in total. The number of piperazine rings is 1. The molecule has 1 aromatic heterocycles. The highest BCUT2D eigenvalue weighted by Gasteiger charge is 2.26. The molecule has 0 saturated carbocycles. The van der Waals surface area contributed by atoms with Crippen molar-refractivity contribution in [3.8, 4) is 28.9 Å². The molecule has 0 radical (unpaired) electrons. The van der Waals surface area contributed by atoms with Crippen molar-refractivity contribution in [1.29, 1.82) is 0 Å². The highest BCUT2D eigenvalue weighted by atomic mass is 35.5. The molecular formula is C35H33Cl2N5O7. The number of rotatable bonds is 10. The number of carbonyl (C=O) groups is 3. The number of halogens is 2.